The predicted molar refractivity (Wildman–Crippen MR) is 106 cm³/mol. The molecule has 1 amide bonds. The summed E-state index contributed by atoms with van der Waals surface area (Å²) in [6.07, 6.45) is 3.21. The molecule has 0 unspecified atom stereocenters. The molecule has 0 saturated carbocycles. The van der Waals surface area contributed by atoms with Crippen LogP contribution in [0.4, 0.5) is 5.69 Å². The van der Waals surface area contributed by atoms with Crippen molar-refractivity contribution in [3.05, 3.63) is 81.1 Å². The fraction of sp³-hybridized carbons (Fsp3) is 0.150. The van der Waals surface area contributed by atoms with E-state index in [0.717, 1.165) is 10.4 Å². The molecule has 0 aliphatic carbocycles. The molecule has 1 aromatic carbocycles. The standard InChI is InChI=1S/C20H17N3O4S/c1-12-5-6-15(22-19(25)16-4-3-7-26-16)17(8-12)27-11-14-9-18(24)23-10-13(2)28-20(23)21-14/h3-10H,11H2,1-2H3,(H,22,25). The molecular formula is C20H17N3O4S. The number of hydrogen-bond donors (Lipinski definition) is 1. The zero-order valence-corrected chi connectivity index (χ0v) is 16.1. The molecule has 0 fully saturated rings. The van der Waals surface area contributed by atoms with E-state index in [0.29, 0.717) is 22.1 Å². The van der Waals surface area contributed by atoms with Crippen LogP contribution in [0.3, 0.4) is 0 Å². The number of nitrogens with zero attached hydrogens (tertiary/aromatic N) is 2. The minimum atomic E-state index is -0.370. The van der Waals surface area contributed by atoms with Crippen LogP contribution in [-0.2, 0) is 6.61 Å². The van der Waals surface area contributed by atoms with Gasteiger partial charge in [0.2, 0.25) is 0 Å². The van der Waals surface area contributed by atoms with Gasteiger partial charge in [-0.3, -0.25) is 14.0 Å². The maximum absolute atomic E-state index is 12.3. The van der Waals surface area contributed by atoms with Crippen molar-refractivity contribution >= 4 is 27.9 Å². The summed E-state index contributed by atoms with van der Waals surface area (Å²) >= 11 is 1.44. The molecule has 1 N–H and O–H groups in total. The highest BCUT2D eigenvalue weighted by molar-refractivity contribution is 7.16. The second kappa shape index (κ2) is 7.32. The van der Waals surface area contributed by atoms with Gasteiger partial charge < -0.3 is 14.5 Å². The highest BCUT2D eigenvalue weighted by atomic mass is 32.1. The van der Waals surface area contributed by atoms with E-state index in [9.17, 15) is 9.59 Å². The van der Waals surface area contributed by atoms with Gasteiger partial charge in [-0.25, -0.2) is 4.98 Å². The zero-order chi connectivity index (χ0) is 19.7. The van der Waals surface area contributed by atoms with Crippen LogP contribution in [0.15, 0.2) is 58.1 Å². The van der Waals surface area contributed by atoms with Crippen LogP contribution in [0, 0.1) is 13.8 Å². The Hall–Kier alpha value is -3.39. The number of carbonyl (C=O) groups excluding carboxylic acids is 1. The molecule has 3 aromatic heterocycles. The van der Waals surface area contributed by atoms with Crippen molar-refractivity contribution in [1.82, 2.24) is 9.38 Å². The summed E-state index contributed by atoms with van der Waals surface area (Å²) in [7, 11) is 0. The van der Waals surface area contributed by atoms with Gasteiger partial charge in [0, 0.05) is 17.1 Å². The lowest BCUT2D eigenvalue weighted by atomic mass is 10.2. The molecule has 28 heavy (non-hydrogen) atoms. The Labute approximate surface area is 164 Å². The summed E-state index contributed by atoms with van der Waals surface area (Å²) in [5.74, 6) is 0.328. The number of furan rings is 1. The summed E-state index contributed by atoms with van der Waals surface area (Å²) in [5.41, 5.74) is 1.86. The number of anilines is 1. The van der Waals surface area contributed by atoms with E-state index in [1.165, 1.54) is 28.1 Å². The van der Waals surface area contributed by atoms with Crippen molar-refractivity contribution in [2.24, 2.45) is 0 Å². The van der Waals surface area contributed by atoms with E-state index < -0.39 is 0 Å². The summed E-state index contributed by atoms with van der Waals surface area (Å²) in [4.78, 5) is 30.6. The van der Waals surface area contributed by atoms with Gasteiger partial charge in [-0.1, -0.05) is 6.07 Å². The Kier molecular flexibility index (Phi) is 4.70. The van der Waals surface area contributed by atoms with Crippen LogP contribution in [0.25, 0.3) is 4.96 Å². The van der Waals surface area contributed by atoms with Gasteiger partial charge in [0.05, 0.1) is 17.6 Å². The third-order valence-electron chi connectivity index (χ3n) is 4.04. The minimum absolute atomic E-state index is 0.107. The van der Waals surface area contributed by atoms with Crippen molar-refractivity contribution < 1.29 is 13.9 Å². The van der Waals surface area contributed by atoms with Crippen LogP contribution in [0.2, 0.25) is 0 Å². The largest absolute Gasteiger partial charge is 0.485 e. The number of thiazole rings is 1. The molecular weight excluding hydrogens is 378 g/mol. The van der Waals surface area contributed by atoms with E-state index in [1.54, 1.807) is 24.4 Å². The third-order valence-corrected chi connectivity index (χ3v) is 4.94. The van der Waals surface area contributed by atoms with Gasteiger partial charge >= 0.3 is 0 Å². The molecule has 0 spiro atoms. The number of benzene rings is 1. The van der Waals surface area contributed by atoms with Gasteiger partial charge in [0.25, 0.3) is 11.5 Å². The van der Waals surface area contributed by atoms with E-state index in [1.807, 2.05) is 26.0 Å². The maximum Gasteiger partial charge on any atom is 0.291 e. The monoisotopic (exact) mass is 395 g/mol. The molecule has 0 saturated heterocycles. The average Bonchev–Trinajstić information content (AvgIpc) is 3.31. The first-order chi connectivity index (χ1) is 13.5. The lowest BCUT2D eigenvalue weighted by molar-refractivity contribution is 0.0996. The SMILES string of the molecule is Cc1ccc(NC(=O)c2ccco2)c(OCc2cc(=O)n3cc(C)sc3n2)c1. The molecule has 0 atom stereocenters. The van der Waals surface area contributed by atoms with Gasteiger partial charge in [0.1, 0.15) is 12.4 Å². The number of nitrogens with one attached hydrogen (secondary N) is 1. The summed E-state index contributed by atoms with van der Waals surface area (Å²) < 4.78 is 12.5. The van der Waals surface area contributed by atoms with Gasteiger partial charge in [-0.2, -0.15) is 0 Å². The first-order valence-corrected chi connectivity index (χ1v) is 9.38. The topological polar surface area (TPSA) is 85.8 Å². The molecule has 7 nitrogen and oxygen atoms in total. The minimum Gasteiger partial charge on any atom is -0.485 e. The van der Waals surface area contributed by atoms with E-state index in [2.05, 4.69) is 10.3 Å². The quantitative estimate of drug-likeness (QED) is 0.556. The van der Waals surface area contributed by atoms with Crippen molar-refractivity contribution in [1.29, 1.82) is 0 Å². The molecule has 142 valence electrons. The van der Waals surface area contributed by atoms with Gasteiger partial charge in [0.15, 0.2) is 10.7 Å². The Morgan fingerprint density at radius 3 is 2.93 bits per heavy atom. The molecule has 0 aliphatic heterocycles. The number of ether oxygens (including phenoxy) is 1. The average molecular weight is 395 g/mol. The van der Waals surface area contributed by atoms with Crippen molar-refractivity contribution in [3.63, 3.8) is 0 Å². The Morgan fingerprint density at radius 1 is 1.29 bits per heavy atom. The molecule has 0 aliphatic rings. The van der Waals surface area contributed by atoms with Crippen molar-refractivity contribution in [2.75, 3.05) is 5.32 Å². The lowest BCUT2D eigenvalue weighted by Gasteiger charge is -2.13. The second-order valence-corrected chi connectivity index (χ2v) is 7.51. The smallest absolute Gasteiger partial charge is 0.291 e. The number of carbonyl (C=O) groups is 1. The van der Waals surface area contributed by atoms with E-state index >= 15 is 0 Å². The number of aromatic nitrogens is 2. The number of amides is 1. The normalized spacial score (nSPS) is 10.9. The van der Waals surface area contributed by atoms with Crippen molar-refractivity contribution in [3.8, 4) is 5.75 Å². The first-order valence-electron chi connectivity index (χ1n) is 8.56. The third kappa shape index (κ3) is 3.67. The summed E-state index contributed by atoms with van der Waals surface area (Å²) in [5, 5.41) is 2.78. The maximum atomic E-state index is 12.3. The fourth-order valence-electron chi connectivity index (χ4n) is 2.73. The molecule has 0 radical (unpaired) electrons. The Bertz CT molecular complexity index is 1210. The van der Waals surface area contributed by atoms with Crippen LogP contribution >= 0.6 is 11.3 Å². The summed E-state index contributed by atoms with van der Waals surface area (Å²) in [6.45, 7) is 3.96. The number of rotatable bonds is 5. The highest BCUT2D eigenvalue weighted by Crippen LogP contribution is 2.27. The van der Waals surface area contributed by atoms with Crippen LogP contribution in [-0.4, -0.2) is 15.3 Å². The Balaban J connectivity index is 1.57. The molecule has 0 bridgehead atoms. The Morgan fingerprint density at radius 2 is 2.14 bits per heavy atom. The first kappa shape index (κ1) is 18.0. The number of hydrogen-bond acceptors (Lipinski definition) is 6. The molecule has 3 heterocycles. The number of aryl methyl sites for hydroxylation is 2. The van der Waals surface area contributed by atoms with Gasteiger partial charge in [-0.15, -0.1) is 11.3 Å². The molecule has 4 aromatic rings. The van der Waals surface area contributed by atoms with Crippen molar-refractivity contribution in [2.45, 2.75) is 20.5 Å². The van der Waals surface area contributed by atoms with Gasteiger partial charge in [-0.05, 0) is 43.7 Å². The second-order valence-electron chi connectivity index (χ2n) is 6.30. The summed E-state index contributed by atoms with van der Waals surface area (Å²) in [6, 6.07) is 10.1. The highest BCUT2D eigenvalue weighted by Gasteiger charge is 2.13. The lowest BCUT2D eigenvalue weighted by Crippen LogP contribution is -2.15. The predicted octanol–water partition coefficient (Wildman–Crippen LogP) is 3.80. The number of fused-ring (bicyclic) bond motifs is 1. The van der Waals surface area contributed by atoms with Crippen LogP contribution < -0.4 is 15.6 Å². The van der Waals surface area contributed by atoms with E-state index in [-0.39, 0.29) is 23.8 Å². The van der Waals surface area contributed by atoms with Crippen LogP contribution in [0.1, 0.15) is 26.7 Å². The van der Waals surface area contributed by atoms with Crippen LogP contribution in [0.5, 0.6) is 5.75 Å². The fourth-order valence-corrected chi connectivity index (χ4v) is 3.58. The molecule has 4 rings (SSSR count). The van der Waals surface area contributed by atoms with E-state index in [4.69, 9.17) is 9.15 Å². The zero-order valence-electron chi connectivity index (χ0n) is 15.3. The molecule has 8 heteroatoms.